The van der Waals surface area contributed by atoms with Gasteiger partial charge in [-0.3, -0.25) is 5.09 Å². The molecule has 1 atom stereocenters. The van der Waals surface area contributed by atoms with Crippen LogP contribution in [0.1, 0.15) is 13.3 Å². The van der Waals surface area contributed by atoms with Crippen molar-refractivity contribution in [2.75, 3.05) is 13.7 Å². The van der Waals surface area contributed by atoms with E-state index in [2.05, 4.69) is 21.4 Å². The SMILES string of the molecule is CCCNP([O-])(=S)OC.[Na+]. The average Bonchev–Trinajstić information content (AvgIpc) is 1.84. The van der Waals surface area contributed by atoms with E-state index < -0.39 is 6.64 Å². The molecule has 0 aromatic heterocycles. The van der Waals surface area contributed by atoms with Gasteiger partial charge in [-0.2, -0.15) is 0 Å². The molecule has 0 fully saturated rings. The molecule has 6 heteroatoms. The summed E-state index contributed by atoms with van der Waals surface area (Å²) in [6.45, 7) is -0.239. The van der Waals surface area contributed by atoms with Gasteiger partial charge in [-0.15, -0.1) is 0 Å². The molecule has 1 unspecified atom stereocenters. The Hall–Kier alpha value is 1.53. The molecule has 0 aromatic carbocycles. The molecular weight excluding hydrogens is 180 g/mol. The zero-order chi connectivity index (χ0) is 7.33. The van der Waals surface area contributed by atoms with E-state index in [1.54, 1.807) is 0 Å². The van der Waals surface area contributed by atoms with Gasteiger partial charge in [0.2, 0.25) is 0 Å². The van der Waals surface area contributed by atoms with Crippen molar-refractivity contribution in [3.05, 3.63) is 0 Å². The fraction of sp³-hybridized carbons (Fsp3) is 1.00. The summed E-state index contributed by atoms with van der Waals surface area (Å²) < 4.78 is 4.50. The van der Waals surface area contributed by atoms with Gasteiger partial charge in [-0.05, 0) is 6.42 Å². The summed E-state index contributed by atoms with van der Waals surface area (Å²) in [5, 5.41) is 2.61. The van der Waals surface area contributed by atoms with Crippen LogP contribution >= 0.6 is 6.64 Å². The molecule has 3 nitrogen and oxygen atoms in total. The van der Waals surface area contributed by atoms with Gasteiger partial charge in [-0.1, -0.05) is 18.7 Å². The zero-order valence-corrected chi connectivity index (χ0v) is 10.3. The molecule has 0 aliphatic rings. The van der Waals surface area contributed by atoms with Gasteiger partial charge in [0.05, 0.1) is 6.64 Å². The van der Waals surface area contributed by atoms with Gasteiger partial charge in [0.1, 0.15) is 0 Å². The Morgan fingerprint density at radius 3 is 2.50 bits per heavy atom. The Morgan fingerprint density at radius 2 is 2.20 bits per heavy atom. The fourth-order valence-corrected chi connectivity index (χ4v) is 1.21. The van der Waals surface area contributed by atoms with Crippen molar-refractivity contribution < 1.29 is 39.0 Å². The van der Waals surface area contributed by atoms with Crippen molar-refractivity contribution in [2.45, 2.75) is 13.3 Å². The maximum atomic E-state index is 10.8. The average molecular weight is 191 g/mol. The minimum atomic E-state index is -2.86. The number of hydrogen-bond acceptors (Lipinski definition) is 3. The maximum Gasteiger partial charge on any atom is 1.00 e. The molecule has 0 saturated heterocycles. The van der Waals surface area contributed by atoms with E-state index in [4.69, 9.17) is 0 Å². The first-order valence-corrected chi connectivity index (χ1v) is 5.38. The molecular formula is C4H11NNaO2PS. The van der Waals surface area contributed by atoms with Crippen LogP contribution in [0, 0.1) is 0 Å². The van der Waals surface area contributed by atoms with Gasteiger partial charge in [0.15, 0.2) is 0 Å². The molecule has 0 aliphatic carbocycles. The molecule has 0 radical (unpaired) electrons. The molecule has 0 rings (SSSR count). The van der Waals surface area contributed by atoms with Crippen LogP contribution in [0.2, 0.25) is 0 Å². The van der Waals surface area contributed by atoms with Crippen LogP contribution in [0.25, 0.3) is 0 Å². The third-order valence-corrected chi connectivity index (χ3v) is 2.72. The minimum absolute atomic E-state index is 0. The van der Waals surface area contributed by atoms with Gasteiger partial charge >= 0.3 is 29.6 Å². The van der Waals surface area contributed by atoms with Crippen molar-refractivity contribution in [3.8, 4) is 0 Å². The molecule has 10 heavy (non-hydrogen) atoms. The molecule has 0 heterocycles. The van der Waals surface area contributed by atoms with Gasteiger partial charge in [0, 0.05) is 13.7 Å². The Morgan fingerprint density at radius 1 is 1.70 bits per heavy atom. The first-order chi connectivity index (χ1) is 4.12. The van der Waals surface area contributed by atoms with E-state index >= 15 is 0 Å². The smallest absolute Gasteiger partial charge is 0.789 e. The van der Waals surface area contributed by atoms with Crippen LogP contribution < -0.4 is 39.5 Å². The van der Waals surface area contributed by atoms with E-state index in [0.29, 0.717) is 6.54 Å². The van der Waals surface area contributed by atoms with Gasteiger partial charge in [-0.25, -0.2) is 0 Å². The molecule has 0 spiro atoms. The maximum absolute atomic E-state index is 10.8. The minimum Gasteiger partial charge on any atom is -0.789 e. The fourth-order valence-electron chi connectivity index (χ4n) is 0.313. The van der Waals surface area contributed by atoms with E-state index in [0.717, 1.165) is 6.42 Å². The van der Waals surface area contributed by atoms with Crippen molar-refractivity contribution in [1.82, 2.24) is 5.09 Å². The van der Waals surface area contributed by atoms with Crippen molar-refractivity contribution >= 4 is 18.4 Å². The third kappa shape index (κ3) is 7.63. The molecule has 0 aliphatic heterocycles. The second kappa shape index (κ2) is 7.19. The Kier molecular flexibility index (Phi) is 10.1. The molecule has 56 valence electrons. The molecule has 0 bridgehead atoms. The predicted molar refractivity (Wildman–Crippen MR) is 39.6 cm³/mol. The van der Waals surface area contributed by atoms with Crippen LogP contribution in [0.15, 0.2) is 0 Å². The summed E-state index contributed by atoms with van der Waals surface area (Å²) in [5.74, 6) is 0. The van der Waals surface area contributed by atoms with Crippen LogP contribution in [0.5, 0.6) is 0 Å². The summed E-state index contributed by atoms with van der Waals surface area (Å²) in [4.78, 5) is 10.8. The second-order valence-electron chi connectivity index (χ2n) is 1.59. The molecule has 0 aromatic rings. The second-order valence-corrected chi connectivity index (χ2v) is 4.71. The first-order valence-electron chi connectivity index (χ1n) is 2.74. The summed E-state index contributed by atoms with van der Waals surface area (Å²) in [6, 6.07) is 0. The van der Waals surface area contributed by atoms with E-state index in [1.165, 1.54) is 7.11 Å². The summed E-state index contributed by atoms with van der Waals surface area (Å²) in [7, 11) is 1.34. The van der Waals surface area contributed by atoms with Gasteiger partial charge in [0.25, 0.3) is 0 Å². The summed E-state index contributed by atoms with van der Waals surface area (Å²) in [6.07, 6.45) is 0.907. The van der Waals surface area contributed by atoms with Crippen molar-refractivity contribution in [2.24, 2.45) is 0 Å². The topological polar surface area (TPSA) is 44.3 Å². The predicted octanol–water partition coefficient (Wildman–Crippen LogP) is -2.78. The molecule has 0 amide bonds. The Balaban J connectivity index is 0. The molecule has 0 saturated carbocycles. The quantitative estimate of drug-likeness (QED) is 0.386. The monoisotopic (exact) mass is 191 g/mol. The van der Waals surface area contributed by atoms with Gasteiger partial charge < -0.3 is 9.42 Å². The summed E-state index contributed by atoms with van der Waals surface area (Å²) >= 11 is 4.53. The first kappa shape index (κ1) is 14.1. The normalized spacial score (nSPS) is 15.5. The number of nitrogens with one attached hydrogen (secondary N) is 1. The van der Waals surface area contributed by atoms with Crippen molar-refractivity contribution in [3.63, 3.8) is 0 Å². The van der Waals surface area contributed by atoms with Crippen molar-refractivity contribution in [1.29, 1.82) is 0 Å². The third-order valence-electron chi connectivity index (χ3n) is 0.796. The van der Waals surface area contributed by atoms with Crippen LogP contribution in [0.3, 0.4) is 0 Å². The standard InChI is InChI=1S/C4H12NO2PS.Na/c1-3-4-5-8(6,9)7-2;/h3-4H2,1-2H3,(H2,5,6,9);/q;+1/p-1. The van der Waals surface area contributed by atoms with Crippen LogP contribution in [-0.2, 0) is 16.3 Å². The Labute approximate surface area is 89.1 Å². The number of rotatable bonds is 4. The Bertz CT molecular complexity index is 124. The largest absolute Gasteiger partial charge is 1.00 e. The van der Waals surface area contributed by atoms with E-state index in [1.807, 2.05) is 6.92 Å². The van der Waals surface area contributed by atoms with Crippen LogP contribution in [0.4, 0.5) is 0 Å². The summed E-state index contributed by atoms with van der Waals surface area (Å²) in [5.41, 5.74) is 0. The van der Waals surface area contributed by atoms with E-state index in [9.17, 15) is 4.89 Å². The van der Waals surface area contributed by atoms with E-state index in [-0.39, 0.29) is 29.6 Å². The zero-order valence-electron chi connectivity index (χ0n) is 6.59. The number of hydrogen-bond donors (Lipinski definition) is 1. The molecule has 1 N–H and O–H groups in total. The van der Waals surface area contributed by atoms with Crippen LogP contribution in [-0.4, -0.2) is 13.7 Å².